The van der Waals surface area contributed by atoms with Crippen molar-refractivity contribution in [2.24, 2.45) is 0 Å². The Morgan fingerprint density at radius 2 is 2.03 bits per heavy atom. The molecule has 6 heteroatoms. The van der Waals surface area contributed by atoms with Crippen molar-refractivity contribution in [1.82, 2.24) is 9.55 Å². The first kappa shape index (κ1) is 17.8. The van der Waals surface area contributed by atoms with Gasteiger partial charge in [-0.05, 0) is 54.7 Å². The molecule has 2 aliphatic rings. The van der Waals surface area contributed by atoms with E-state index in [1.165, 1.54) is 5.56 Å². The van der Waals surface area contributed by atoms with Gasteiger partial charge in [0.25, 0.3) is 0 Å². The molecule has 6 nitrogen and oxygen atoms in total. The van der Waals surface area contributed by atoms with Crippen LogP contribution in [0.25, 0.3) is 11.3 Å². The van der Waals surface area contributed by atoms with E-state index in [4.69, 9.17) is 14.2 Å². The second-order valence-corrected chi connectivity index (χ2v) is 7.38. The number of nitrogens with zero attached hydrogens (tertiary/aromatic N) is 2. The smallest absolute Gasteiger partial charge is 0.351 e. The van der Waals surface area contributed by atoms with Gasteiger partial charge in [0.1, 0.15) is 24.2 Å². The molecule has 0 fully saturated rings. The molecule has 29 heavy (non-hydrogen) atoms. The van der Waals surface area contributed by atoms with Crippen molar-refractivity contribution in [1.29, 1.82) is 0 Å². The molecule has 148 valence electrons. The average molecular weight is 390 g/mol. The van der Waals surface area contributed by atoms with Crippen molar-refractivity contribution >= 4 is 0 Å². The Kier molecular flexibility index (Phi) is 4.46. The molecule has 0 N–H and O–H groups in total. The first-order valence-corrected chi connectivity index (χ1v) is 9.88. The van der Waals surface area contributed by atoms with Gasteiger partial charge in [-0.1, -0.05) is 18.2 Å². The highest BCUT2D eigenvalue weighted by Crippen LogP contribution is 2.32. The van der Waals surface area contributed by atoms with Crippen LogP contribution in [0, 0.1) is 0 Å². The summed E-state index contributed by atoms with van der Waals surface area (Å²) in [5, 5.41) is 0. The number of ether oxygens (including phenoxy) is 3. The van der Waals surface area contributed by atoms with Gasteiger partial charge in [0.2, 0.25) is 5.88 Å². The molecule has 0 saturated carbocycles. The number of para-hydroxylation sites is 1. The first-order valence-electron chi connectivity index (χ1n) is 9.88. The lowest BCUT2D eigenvalue weighted by Gasteiger charge is -2.26. The van der Waals surface area contributed by atoms with E-state index < -0.39 is 0 Å². The third kappa shape index (κ3) is 3.35. The number of aryl methyl sites for hydroxylation is 2. The van der Waals surface area contributed by atoms with Crippen LogP contribution in [0.2, 0.25) is 0 Å². The maximum absolute atomic E-state index is 12.5. The van der Waals surface area contributed by atoms with E-state index in [2.05, 4.69) is 11.1 Å². The highest BCUT2D eigenvalue weighted by molar-refractivity contribution is 5.67. The molecule has 2 aliphatic heterocycles. The quantitative estimate of drug-likeness (QED) is 0.684. The summed E-state index contributed by atoms with van der Waals surface area (Å²) >= 11 is 0. The van der Waals surface area contributed by atoms with Crippen molar-refractivity contribution in [2.45, 2.75) is 31.9 Å². The summed E-state index contributed by atoms with van der Waals surface area (Å²) in [5.41, 5.74) is 3.95. The fraction of sp³-hybridized carbons (Fsp3) is 0.304. The Morgan fingerprint density at radius 1 is 1.14 bits per heavy atom. The number of methoxy groups -OCH3 is 1. The van der Waals surface area contributed by atoms with Crippen LogP contribution < -0.4 is 19.9 Å². The minimum absolute atomic E-state index is 0.0537. The number of aromatic nitrogens is 2. The van der Waals surface area contributed by atoms with Crippen molar-refractivity contribution in [3.05, 3.63) is 70.1 Å². The second-order valence-electron chi connectivity index (χ2n) is 7.38. The normalized spacial score (nSPS) is 16.8. The molecule has 5 rings (SSSR count). The summed E-state index contributed by atoms with van der Waals surface area (Å²) in [7, 11) is 1.66. The number of hydrogen-bond donors (Lipinski definition) is 0. The lowest BCUT2D eigenvalue weighted by atomic mass is 9.97. The Morgan fingerprint density at radius 3 is 2.93 bits per heavy atom. The predicted octanol–water partition coefficient (Wildman–Crippen LogP) is 3.25. The van der Waals surface area contributed by atoms with E-state index in [9.17, 15) is 4.79 Å². The van der Waals surface area contributed by atoms with Gasteiger partial charge < -0.3 is 14.2 Å². The molecule has 2 aromatic carbocycles. The van der Waals surface area contributed by atoms with E-state index in [-0.39, 0.29) is 11.8 Å². The summed E-state index contributed by atoms with van der Waals surface area (Å²) in [6.07, 6.45) is 2.56. The molecule has 0 saturated heterocycles. The zero-order valence-corrected chi connectivity index (χ0v) is 16.3. The van der Waals surface area contributed by atoms with Crippen LogP contribution in [0.3, 0.4) is 0 Å². The van der Waals surface area contributed by atoms with Gasteiger partial charge in [0.15, 0.2) is 0 Å². The predicted molar refractivity (Wildman–Crippen MR) is 109 cm³/mol. The third-order valence-corrected chi connectivity index (χ3v) is 5.60. The molecule has 0 bridgehead atoms. The van der Waals surface area contributed by atoms with Gasteiger partial charge in [-0.2, -0.15) is 4.98 Å². The van der Waals surface area contributed by atoms with Gasteiger partial charge >= 0.3 is 5.69 Å². The minimum Gasteiger partial charge on any atom is -0.497 e. The molecule has 0 amide bonds. The Bertz CT molecular complexity index is 1120. The minimum atomic E-state index is -0.283. The van der Waals surface area contributed by atoms with Crippen LogP contribution in [0.1, 0.15) is 17.5 Å². The van der Waals surface area contributed by atoms with E-state index in [0.29, 0.717) is 19.0 Å². The number of benzene rings is 2. The van der Waals surface area contributed by atoms with Gasteiger partial charge in [-0.25, -0.2) is 4.79 Å². The van der Waals surface area contributed by atoms with Crippen LogP contribution in [-0.4, -0.2) is 29.4 Å². The Balaban J connectivity index is 1.37. The van der Waals surface area contributed by atoms with E-state index in [0.717, 1.165) is 47.6 Å². The molecule has 1 aromatic heterocycles. The van der Waals surface area contributed by atoms with Crippen molar-refractivity contribution in [2.75, 3.05) is 13.7 Å². The molecule has 1 unspecified atom stereocenters. The molecule has 3 heterocycles. The highest BCUT2D eigenvalue weighted by atomic mass is 16.5. The van der Waals surface area contributed by atoms with Crippen LogP contribution in [0.5, 0.6) is 17.4 Å². The third-order valence-electron chi connectivity index (χ3n) is 5.60. The molecule has 3 aromatic rings. The molecular weight excluding hydrogens is 368 g/mol. The van der Waals surface area contributed by atoms with Crippen LogP contribution >= 0.6 is 0 Å². The number of fused-ring (bicyclic) bond motifs is 4. The molecular formula is C23H22N2O4. The molecule has 0 aliphatic carbocycles. The largest absolute Gasteiger partial charge is 0.497 e. The fourth-order valence-corrected chi connectivity index (χ4v) is 4.06. The monoisotopic (exact) mass is 390 g/mol. The average Bonchev–Trinajstić information content (AvgIpc) is 2.77. The molecule has 0 spiro atoms. The van der Waals surface area contributed by atoms with Crippen molar-refractivity contribution < 1.29 is 14.2 Å². The number of hydrogen-bond acceptors (Lipinski definition) is 5. The van der Waals surface area contributed by atoms with E-state index in [1.807, 2.05) is 42.5 Å². The van der Waals surface area contributed by atoms with E-state index in [1.54, 1.807) is 11.7 Å². The lowest BCUT2D eigenvalue weighted by Crippen LogP contribution is -2.31. The van der Waals surface area contributed by atoms with Crippen molar-refractivity contribution in [3.63, 3.8) is 0 Å². The topological polar surface area (TPSA) is 62.6 Å². The maximum Gasteiger partial charge on any atom is 0.351 e. The maximum atomic E-state index is 12.5. The molecule has 1 atom stereocenters. The number of rotatable bonds is 4. The zero-order chi connectivity index (χ0) is 19.8. The standard InChI is InChI=1S/C23H22N2O4/c1-27-17-8-9-19-16(12-17)10-11-25-20(19)13-22(24-23(25)26)28-14-18-7-6-15-4-2-3-5-21(15)29-18/h2-5,8-9,12-13,18H,6-7,10-11,14H2,1H3. The first-order chi connectivity index (χ1) is 14.2. The molecule has 0 radical (unpaired) electrons. The second kappa shape index (κ2) is 7.28. The van der Waals surface area contributed by atoms with Crippen molar-refractivity contribution in [3.8, 4) is 28.6 Å². The lowest BCUT2D eigenvalue weighted by molar-refractivity contribution is 0.107. The summed E-state index contributed by atoms with van der Waals surface area (Å²) in [6.45, 7) is 0.962. The van der Waals surface area contributed by atoms with Crippen LogP contribution in [0.4, 0.5) is 0 Å². The summed E-state index contributed by atoms with van der Waals surface area (Å²) in [6, 6.07) is 15.8. The van der Waals surface area contributed by atoms with Gasteiger partial charge in [0.05, 0.1) is 12.8 Å². The Labute approximate surface area is 168 Å². The Hall–Kier alpha value is -3.28. The summed E-state index contributed by atoms with van der Waals surface area (Å²) in [5.74, 6) is 2.07. The van der Waals surface area contributed by atoms with Gasteiger partial charge in [-0.3, -0.25) is 4.57 Å². The summed E-state index contributed by atoms with van der Waals surface area (Å²) in [4.78, 5) is 16.7. The van der Waals surface area contributed by atoms with Gasteiger partial charge in [0, 0.05) is 18.2 Å². The van der Waals surface area contributed by atoms with E-state index >= 15 is 0 Å². The zero-order valence-electron chi connectivity index (χ0n) is 16.3. The fourth-order valence-electron chi connectivity index (χ4n) is 4.06. The summed E-state index contributed by atoms with van der Waals surface area (Å²) < 4.78 is 19.0. The highest BCUT2D eigenvalue weighted by Gasteiger charge is 2.22. The van der Waals surface area contributed by atoms with Gasteiger partial charge in [-0.15, -0.1) is 0 Å². The van der Waals surface area contributed by atoms with Crippen LogP contribution in [0.15, 0.2) is 53.3 Å². The SMILES string of the molecule is COc1ccc2c(c1)CCn1c-2cc(OCC2CCc3ccccc3O2)nc1=O. The van der Waals surface area contributed by atoms with Crippen LogP contribution in [-0.2, 0) is 19.4 Å².